The highest BCUT2D eigenvalue weighted by atomic mass is 14.3. The molecule has 0 heterocycles. The van der Waals surface area contributed by atoms with E-state index in [-0.39, 0.29) is 5.41 Å². The van der Waals surface area contributed by atoms with Gasteiger partial charge in [0.1, 0.15) is 0 Å². The van der Waals surface area contributed by atoms with E-state index < -0.39 is 0 Å². The summed E-state index contributed by atoms with van der Waals surface area (Å²) in [6.07, 6.45) is 6.78. The van der Waals surface area contributed by atoms with Gasteiger partial charge in [0.2, 0.25) is 0 Å². The second-order valence-electron chi connectivity index (χ2n) is 6.51. The van der Waals surface area contributed by atoms with E-state index in [0.29, 0.717) is 0 Å². The minimum Gasteiger partial charge on any atom is -0.0613 e. The first kappa shape index (κ1) is 12.7. The molecule has 0 spiro atoms. The Balaban J connectivity index is 2.42. The lowest BCUT2D eigenvalue weighted by atomic mass is 9.78. The van der Waals surface area contributed by atoms with Crippen LogP contribution >= 0.6 is 0 Å². The van der Waals surface area contributed by atoms with Crippen LogP contribution < -0.4 is 0 Å². The summed E-state index contributed by atoms with van der Waals surface area (Å²) in [7, 11) is 0. The molecule has 17 heavy (non-hydrogen) atoms. The van der Waals surface area contributed by atoms with Crippen molar-refractivity contribution < 1.29 is 0 Å². The SMILES string of the molecule is CCc1ccc(C2CCCC2)c(C(C)(C)C)c1. The molecule has 0 nitrogen and oxygen atoms in total. The van der Waals surface area contributed by atoms with Crippen LogP contribution in [-0.4, -0.2) is 0 Å². The average Bonchev–Trinajstić information content (AvgIpc) is 2.80. The van der Waals surface area contributed by atoms with Crippen LogP contribution in [0, 0.1) is 0 Å². The van der Waals surface area contributed by atoms with Crippen LogP contribution in [-0.2, 0) is 11.8 Å². The van der Waals surface area contributed by atoms with Crippen molar-refractivity contribution in [2.75, 3.05) is 0 Å². The minimum absolute atomic E-state index is 0.281. The molecule has 1 aromatic rings. The molecule has 0 radical (unpaired) electrons. The molecule has 1 aromatic carbocycles. The summed E-state index contributed by atoms with van der Waals surface area (Å²) < 4.78 is 0. The fourth-order valence-electron chi connectivity index (χ4n) is 3.07. The van der Waals surface area contributed by atoms with Gasteiger partial charge in [0, 0.05) is 0 Å². The van der Waals surface area contributed by atoms with E-state index in [1.165, 1.54) is 31.2 Å². The predicted octanol–water partition coefficient (Wildman–Crippen LogP) is 5.20. The third kappa shape index (κ3) is 2.73. The topological polar surface area (TPSA) is 0 Å². The van der Waals surface area contributed by atoms with Gasteiger partial charge in [-0.15, -0.1) is 0 Å². The fraction of sp³-hybridized carbons (Fsp3) is 0.647. The molecule has 0 aromatic heterocycles. The fourth-order valence-corrected chi connectivity index (χ4v) is 3.07. The van der Waals surface area contributed by atoms with Gasteiger partial charge < -0.3 is 0 Å². The summed E-state index contributed by atoms with van der Waals surface area (Å²) in [4.78, 5) is 0. The molecular weight excluding hydrogens is 204 g/mol. The Morgan fingerprint density at radius 3 is 2.29 bits per heavy atom. The van der Waals surface area contributed by atoms with Gasteiger partial charge in [-0.1, -0.05) is 58.7 Å². The maximum Gasteiger partial charge on any atom is -0.0129 e. The standard InChI is InChI=1S/C17H26/c1-5-13-10-11-15(14-8-6-7-9-14)16(12-13)17(2,3)4/h10-12,14H,5-9H2,1-4H3. The van der Waals surface area contributed by atoms with Crippen molar-refractivity contribution in [1.29, 1.82) is 0 Å². The van der Waals surface area contributed by atoms with Crippen LogP contribution in [0.25, 0.3) is 0 Å². The number of rotatable bonds is 2. The van der Waals surface area contributed by atoms with E-state index in [4.69, 9.17) is 0 Å². The molecule has 2 rings (SSSR count). The highest BCUT2D eigenvalue weighted by molar-refractivity contribution is 5.39. The lowest BCUT2D eigenvalue weighted by molar-refractivity contribution is 0.568. The van der Waals surface area contributed by atoms with Crippen LogP contribution in [0.3, 0.4) is 0 Å². The highest BCUT2D eigenvalue weighted by Crippen LogP contribution is 2.39. The van der Waals surface area contributed by atoms with Crippen molar-refractivity contribution in [3.05, 3.63) is 34.9 Å². The lowest BCUT2D eigenvalue weighted by Crippen LogP contribution is -2.16. The quantitative estimate of drug-likeness (QED) is 0.654. The molecule has 0 saturated heterocycles. The second-order valence-corrected chi connectivity index (χ2v) is 6.51. The second kappa shape index (κ2) is 4.84. The van der Waals surface area contributed by atoms with Crippen LogP contribution in [0.2, 0.25) is 0 Å². The molecule has 0 N–H and O–H groups in total. The molecule has 1 aliphatic rings. The van der Waals surface area contributed by atoms with Crippen molar-refractivity contribution in [3.63, 3.8) is 0 Å². The summed E-state index contributed by atoms with van der Waals surface area (Å²) in [5.41, 5.74) is 4.98. The summed E-state index contributed by atoms with van der Waals surface area (Å²) >= 11 is 0. The average molecular weight is 230 g/mol. The van der Waals surface area contributed by atoms with E-state index in [2.05, 4.69) is 45.9 Å². The van der Waals surface area contributed by atoms with Gasteiger partial charge in [-0.05, 0) is 47.3 Å². The van der Waals surface area contributed by atoms with E-state index in [9.17, 15) is 0 Å². The molecule has 0 bridgehead atoms. The van der Waals surface area contributed by atoms with Crippen LogP contribution in [0.1, 0.15) is 76.0 Å². The van der Waals surface area contributed by atoms with Crippen molar-refractivity contribution in [1.82, 2.24) is 0 Å². The van der Waals surface area contributed by atoms with Crippen molar-refractivity contribution >= 4 is 0 Å². The van der Waals surface area contributed by atoms with Crippen molar-refractivity contribution in [2.24, 2.45) is 0 Å². The predicted molar refractivity (Wildman–Crippen MR) is 75.7 cm³/mol. The third-order valence-corrected chi connectivity index (χ3v) is 4.13. The summed E-state index contributed by atoms with van der Waals surface area (Å²) in [5.74, 6) is 0.829. The maximum atomic E-state index is 2.45. The summed E-state index contributed by atoms with van der Waals surface area (Å²) in [5, 5.41) is 0. The molecule has 1 fully saturated rings. The number of hydrogen-bond donors (Lipinski definition) is 0. The van der Waals surface area contributed by atoms with Gasteiger partial charge in [0.25, 0.3) is 0 Å². The van der Waals surface area contributed by atoms with Crippen molar-refractivity contribution in [3.8, 4) is 0 Å². The zero-order valence-electron chi connectivity index (χ0n) is 11.8. The Bertz CT molecular complexity index is 376. The number of aryl methyl sites for hydroxylation is 1. The van der Waals surface area contributed by atoms with Gasteiger partial charge in [0.15, 0.2) is 0 Å². The Hall–Kier alpha value is -0.780. The Morgan fingerprint density at radius 2 is 1.76 bits per heavy atom. The maximum absolute atomic E-state index is 2.45. The zero-order chi connectivity index (χ0) is 12.5. The lowest BCUT2D eigenvalue weighted by Gasteiger charge is -2.26. The van der Waals surface area contributed by atoms with Crippen LogP contribution in [0.15, 0.2) is 18.2 Å². The van der Waals surface area contributed by atoms with Crippen molar-refractivity contribution in [2.45, 2.75) is 71.1 Å². The van der Waals surface area contributed by atoms with Gasteiger partial charge in [0.05, 0.1) is 0 Å². The first-order valence-corrected chi connectivity index (χ1v) is 7.15. The zero-order valence-corrected chi connectivity index (χ0v) is 11.8. The molecule has 0 heteroatoms. The normalized spacial score (nSPS) is 17.6. The minimum atomic E-state index is 0.281. The number of hydrogen-bond acceptors (Lipinski definition) is 0. The molecular formula is C17H26. The highest BCUT2D eigenvalue weighted by Gasteiger charge is 2.25. The van der Waals surface area contributed by atoms with Crippen LogP contribution in [0.5, 0.6) is 0 Å². The monoisotopic (exact) mass is 230 g/mol. The smallest absolute Gasteiger partial charge is 0.0129 e. The molecule has 1 saturated carbocycles. The Morgan fingerprint density at radius 1 is 1.12 bits per heavy atom. The van der Waals surface area contributed by atoms with E-state index in [1.54, 1.807) is 11.1 Å². The van der Waals surface area contributed by atoms with Gasteiger partial charge in [-0.2, -0.15) is 0 Å². The first-order valence-electron chi connectivity index (χ1n) is 7.15. The molecule has 0 aliphatic heterocycles. The Labute approximate surface area is 106 Å². The van der Waals surface area contributed by atoms with E-state index in [1.807, 2.05) is 0 Å². The third-order valence-electron chi connectivity index (χ3n) is 4.13. The Kier molecular flexibility index (Phi) is 3.61. The van der Waals surface area contributed by atoms with E-state index in [0.717, 1.165) is 12.3 Å². The largest absolute Gasteiger partial charge is 0.0613 e. The molecule has 1 aliphatic carbocycles. The first-order chi connectivity index (χ1) is 8.02. The van der Waals surface area contributed by atoms with E-state index >= 15 is 0 Å². The number of benzene rings is 1. The molecule has 0 unspecified atom stereocenters. The van der Waals surface area contributed by atoms with Gasteiger partial charge >= 0.3 is 0 Å². The summed E-state index contributed by atoms with van der Waals surface area (Å²) in [6.45, 7) is 9.29. The van der Waals surface area contributed by atoms with Crippen LogP contribution in [0.4, 0.5) is 0 Å². The molecule has 0 atom stereocenters. The van der Waals surface area contributed by atoms with Gasteiger partial charge in [-0.25, -0.2) is 0 Å². The van der Waals surface area contributed by atoms with Gasteiger partial charge in [-0.3, -0.25) is 0 Å². The molecule has 94 valence electrons. The molecule has 0 amide bonds. The summed E-state index contributed by atoms with van der Waals surface area (Å²) in [6, 6.07) is 7.20.